The fourth-order valence-corrected chi connectivity index (χ4v) is 2.96. The average Bonchev–Trinajstić information content (AvgIpc) is 2.96. The molecule has 2 heterocycles. The van der Waals surface area contributed by atoms with Crippen molar-refractivity contribution in [1.82, 2.24) is 25.1 Å². The summed E-state index contributed by atoms with van der Waals surface area (Å²) in [6.45, 7) is 4.47. The number of halogens is 1. The second-order valence-electron chi connectivity index (χ2n) is 6.13. The molecule has 0 bridgehead atoms. The molecule has 134 valence electrons. The number of aryl methyl sites for hydroxylation is 2. The Morgan fingerprint density at radius 2 is 2.08 bits per heavy atom. The van der Waals surface area contributed by atoms with Crippen molar-refractivity contribution in [2.75, 3.05) is 7.05 Å². The van der Waals surface area contributed by atoms with Crippen LogP contribution in [-0.2, 0) is 17.8 Å². The predicted octanol–water partition coefficient (Wildman–Crippen LogP) is 2.95. The van der Waals surface area contributed by atoms with E-state index in [1.165, 1.54) is 0 Å². The van der Waals surface area contributed by atoms with Crippen LogP contribution in [0.4, 0.5) is 0 Å². The Bertz CT molecular complexity index is 951. The van der Waals surface area contributed by atoms with Gasteiger partial charge >= 0.3 is 0 Å². The lowest BCUT2D eigenvalue weighted by molar-refractivity contribution is -0.120. The lowest BCUT2D eigenvalue weighted by Gasteiger charge is -2.09. The Morgan fingerprint density at radius 3 is 2.77 bits per heavy atom. The molecular formula is C19H20ClN5O. The van der Waals surface area contributed by atoms with Crippen molar-refractivity contribution < 1.29 is 4.79 Å². The van der Waals surface area contributed by atoms with E-state index in [-0.39, 0.29) is 12.3 Å². The first-order valence-corrected chi connectivity index (χ1v) is 8.66. The predicted molar refractivity (Wildman–Crippen MR) is 101 cm³/mol. The molecule has 1 amide bonds. The third-order valence-corrected chi connectivity index (χ3v) is 4.26. The van der Waals surface area contributed by atoms with E-state index >= 15 is 0 Å². The zero-order valence-corrected chi connectivity index (χ0v) is 15.7. The second-order valence-corrected chi connectivity index (χ2v) is 6.57. The van der Waals surface area contributed by atoms with Crippen LogP contribution >= 0.6 is 11.6 Å². The zero-order valence-electron chi connectivity index (χ0n) is 15.0. The van der Waals surface area contributed by atoms with Gasteiger partial charge in [-0.2, -0.15) is 5.10 Å². The summed E-state index contributed by atoms with van der Waals surface area (Å²) in [5, 5.41) is 7.81. The van der Waals surface area contributed by atoms with Gasteiger partial charge in [0.05, 0.1) is 13.0 Å². The van der Waals surface area contributed by atoms with Gasteiger partial charge < -0.3 is 5.32 Å². The molecular weight excluding hydrogens is 350 g/mol. The number of carbonyl (C=O) groups is 1. The van der Waals surface area contributed by atoms with Crippen LogP contribution in [0.1, 0.15) is 22.6 Å². The van der Waals surface area contributed by atoms with Crippen molar-refractivity contribution in [3.05, 3.63) is 64.2 Å². The zero-order chi connectivity index (χ0) is 18.7. The molecule has 3 aromatic rings. The maximum atomic E-state index is 11.7. The van der Waals surface area contributed by atoms with Crippen molar-refractivity contribution >= 4 is 17.5 Å². The van der Waals surface area contributed by atoms with Gasteiger partial charge in [0.15, 0.2) is 11.6 Å². The lowest BCUT2D eigenvalue weighted by Crippen LogP contribution is -2.20. The summed E-state index contributed by atoms with van der Waals surface area (Å²) in [7, 11) is 1.60. The van der Waals surface area contributed by atoms with Crippen molar-refractivity contribution in [2.24, 2.45) is 0 Å². The lowest BCUT2D eigenvalue weighted by atomic mass is 10.1. The number of rotatable bonds is 5. The number of amides is 1. The van der Waals surface area contributed by atoms with Crippen LogP contribution in [0.3, 0.4) is 0 Å². The number of nitrogens with zero attached hydrogens (tertiary/aromatic N) is 4. The van der Waals surface area contributed by atoms with E-state index in [1.807, 2.05) is 44.2 Å². The molecule has 1 aromatic carbocycles. The molecule has 0 aliphatic heterocycles. The molecule has 6 nitrogen and oxygen atoms in total. The van der Waals surface area contributed by atoms with Crippen LogP contribution < -0.4 is 5.32 Å². The molecule has 0 aliphatic rings. The molecule has 0 fully saturated rings. The minimum absolute atomic E-state index is 0.129. The quantitative estimate of drug-likeness (QED) is 0.750. The standard InChI is InChI=1S/C19H20ClN5O/c1-12-7-13(2)22-10-16(12)19-23-17(9-18(26)21-3)24-25(19)11-14-5-4-6-15(20)8-14/h4-8,10H,9,11H2,1-3H3,(H,21,26). The highest BCUT2D eigenvalue weighted by atomic mass is 35.5. The van der Waals surface area contributed by atoms with Crippen LogP contribution in [0.25, 0.3) is 11.4 Å². The monoisotopic (exact) mass is 369 g/mol. The molecule has 1 N–H and O–H groups in total. The summed E-state index contributed by atoms with van der Waals surface area (Å²) in [5.41, 5.74) is 3.91. The van der Waals surface area contributed by atoms with Crippen molar-refractivity contribution in [3.63, 3.8) is 0 Å². The van der Waals surface area contributed by atoms with Crippen LogP contribution in [0, 0.1) is 13.8 Å². The van der Waals surface area contributed by atoms with Gasteiger partial charge in [-0.05, 0) is 43.2 Å². The molecule has 3 rings (SSSR count). The van der Waals surface area contributed by atoms with Crippen LogP contribution in [-0.4, -0.2) is 32.7 Å². The van der Waals surface area contributed by atoms with E-state index in [1.54, 1.807) is 17.9 Å². The first-order chi connectivity index (χ1) is 12.5. The second kappa shape index (κ2) is 7.66. The minimum Gasteiger partial charge on any atom is -0.359 e. The maximum absolute atomic E-state index is 11.7. The van der Waals surface area contributed by atoms with Gasteiger partial charge in [-0.1, -0.05) is 23.7 Å². The summed E-state index contributed by atoms with van der Waals surface area (Å²) in [5.74, 6) is 1.03. The van der Waals surface area contributed by atoms with E-state index in [0.29, 0.717) is 23.2 Å². The molecule has 0 aliphatic carbocycles. The Balaban J connectivity index is 2.04. The summed E-state index contributed by atoms with van der Waals surface area (Å²) in [4.78, 5) is 20.7. The first-order valence-electron chi connectivity index (χ1n) is 8.28. The topological polar surface area (TPSA) is 72.7 Å². The molecule has 0 unspecified atom stereocenters. The number of aromatic nitrogens is 4. The number of carbonyl (C=O) groups excluding carboxylic acids is 1. The number of hydrogen-bond acceptors (Lipinski definition) is 4. The summed E-state index contributed by atoms with van der Waals surface area (Å²) < 4.78 is 1.79. The number of nitrogens with one attached hydrogen (secondary N) is 1. The van der Waals surface area contributed by atoms with Crippen LogP contribution in [0.2, 0.25) is 5.02 Å². The van der Waals surface area contributed by atoms with Crippen molar-refractivity contribution in [2.45, 2.75) is 26.8 Å². The van der Waals surface area contributed by atoms with Gasteiger partial charge in [0.2, 0.25) is 5.91 Å². The Hall–Kier alpha value is -2.73. The third-order valence-electron chi connectivity index (χ3n) is 4.02. The molecule has 0 atom stereocenters. The smallest absolute Gasteiger partial charge is 0.227 e. The number of hydrogen-bond donors (Lipinski definition) is 1. The highest BCUT2D eigenvalue weighted by Gasteiger charge is 2.16. The average molecular weight is 370 g/mol. The Morgan fingerprint density at radius 1 is 1.27 bits per heavy atom. The van der Waals surface area contributed by atoms with Gasteiger partial charge in [0, 0.05) is 29.5 Å². The molecule has 0 radical (unpaired) electrons. The summed E-state index contributed by atoms with van der Waals surface area (Å²) >= 11 is 6.10. The largest absolute Gasteiger partial charge is 0.359 e. The minimum atomic E-state index is -0.129. The number of likely N-dealkylation sites (N-methyl/N-ethyl adjacent to an activating group) is 1. The van der Waals surface area contributed by atoms with Crippen molar-refractivity contribution in [1.29, 1.82) is 0 Å². The molecule has 0 saturated heterocycles. The number of benzene rings is 1. The van der Waals surface area contributed by atoms with E-state index in [0.717, 1.165) is 22.4 Å². The highest BCUT2D eigenvalue weighted by Crippen LogP contribution is 2.23. The SMILES string of the molecule is CNC(=O)Cc1nc(-c2cnc(C)cc2C)n(Cc2cccc(Cl)c2)n1. The maximum Gasteiger partial charge on any atom is 0.227 e. The summed E-state index contributed by atoms with van der Waals surface area (Å²) in [6, 6.07) is 9.62. The van der Waals surface area contributed by atoms with Crippen molar-refractivity contribution in [3.8, 4) is 11.4 Å². The van der Waals surface area contributed by atoms with E-state index < -0.39 is 0 Å². The molecule has 26 heavy (non-hydrogen) atoms. The highest BCUT2D eigenvalue weighted by molar-refractivity contribution is 6.30. The fraction of sp³-hybridized carbons (Fsp3) is 0.263. The van der Waals surface area contributed by atoms with Gasteiger partial charge in [-0.15, -0.1) is 0 Å². The van der Waals surface area contributed by atoms with Gasteiger partial charge in [-0.3, -0.25) is 9.78 Å². The molecule has 2 aromatic heterocycles. The van der Waals surface area contributed by atoms with E-state index in [4.69, 9.17) is 11.6 Å². The van der Waals surface area contributed by atoms with E-state index in [9.17, 15) is 4.79 Å². The fourth-order valence-electron chi connectivity index (χ4n) is 2.74. The molecule has 0 spiro atoms. The van der Waals surface area contributed by atoms with E-state index in [2.05, 4.69) is 20.4 Å². The van der Waals surface area contributed by atoms with Gasteiger partial charge in [0.25, 0.3) is 0 Å². The van der Waals surface area contributed by atoms with Crippen LogP contribution in [0.15, 0.2) is 36.5 Å². The van der Waals surface area contributed by atoms with Gasteiger partial charge in [-0.25, -0.2) is 9.67 Å². The summed E-state index contributed by atoms with van der Waals surface area (Å²) in [6.07, 6.45) is 1.93. The molecule has 0 saturated carbocycles. The normalized spacial score (nSPS) is 10.8. The number of pyridine rings is 1. The Labute approximate surface area is 157 Å². The third kappa shape index (κ3) is 4.08. The van der Waals surface area contributed by atoms with Gasteiger partial charge in [0.1, 0.15) is 0 Å². The first kappa shape index (κ1) is 18.1. The Kier molecular flexibility index (Phi) is 5.32. The van der Waals surface area contributed by atoms with Crippen LogP contribution in [0.5, 0.6) is 0 Å². The molecule has 7 heteroatoms.